The van der Waals surface area contributed by atoms with Crippen LogP contribution >= 0.6 is 0 Å². The minimum atomic E-state index is 0.104. The van der Waals surface area contributed by atoms with Crippen LogP contribution in [0.2, 0.25) is 0 Å². The normalized spacial score (nSPS) is 21.0. The number of benzene rings is 1. The van der Waals surface area contributed by atoms with Gasteiger partial charge in [-0.1, -0.05) is 18.2 Å². The highest BCUT2D eigenvalue weighted by Crippen LogP contribution is 2.24. The van der Waals surface area contributed by atoms with Crippen molar-refractivity contribution in [2.75, 3.05) is 6.61 Å². The van der Waals surface area contributed by atoms with Gasteiger partial charge in [0.1, 0.15) is 0 Å². The fraction of sp³-hybridized carbons (Fsp3) is 0.333. The Bertz CT molecular complexity index is 234. The molecule has 0 aliphatic carbocycles. The summed E-state index contributed by atoms with van der Waals surface area (Å²) >= 11 is 0. The largest absolute Gasteiger partial charge is 0.394 e. The van der Waals surface area contributed by atoms with Crippen molar-refractivity contribution in [3.8, 4) is 0 Å². The molecule has 0 bridgehead atoms. The smallest absolute Gasteiger partial charge is 0.0778 e. The van der Waals surface area contributed by atoms with Crippen LogP contribution < -0.4 is 5.32 Å². The van der Waals surface area contributed by atoms with Gasteiger partial charge < -0.3 is 5.11 Å². The molecule has 0 amide bonds. The van der Waals surface area contributed by atoms with E-state index in [9.17, 15) is 0 Å². The zero-order valence-corrected chi connectivity index (χ0v) is 6.20. The summed E-state index contributed by atoms with van der Waals surface area (Å²) < 4.78 is 0. The Morgan fingerprint density at radius 3 is 3.00 bits per heavy atom. The van der Waals surface area contributed by atoms with Gasteiger partial charge in [0.15, 0.2) is 0 Å². The van der Waals surface area contributed by atoms with E-state index in [-0.39, 0.29) is 12.6 Å². The summed E-state index contributed by atoms with van der Waals surface area (Å²) in [5.41, 5.74) is 2.30. The molecule has 57 valence electrons. The summed E-state index contributed by atoms with van der Waals surface area (Å²) in [5.74, 6) is 0. The number of hydrogen-bond acceptors (Lipinski definition) is 1. The van der Waals surface area contributed by atoms with E-state index in [1.54, 1.807) is 0 Å². The lowest BCUT2D eigenvalue weighted by Crippen LogP contribution is -2.18. The van der Waals surface area contributed by atoms with E-state index in [4.69, 9.17) is 5.11 Å². The second-order valence-corrected chi connectivity index (χ2v) is 2.80. The first-order chi connectivity index (χ1) is 5.40. The molecule has 1 aliphatic heterocycles. The van der Waals surface area contributed by atoms with Crippen molar-refractivity contribution in [2.45, 2.75) is 12.5 Å². The lowest BCUT2D eigenvalue weighted by atomic mass is 10.1. The lowest BCUT2D eigenvalue weighted by Gasteiger charge is -2.01. The van der Waals surface area contributed by atoms with Gasteiger partial charge in [-0.2, -0.15) is 0 Å². The maximum atomic E-state index is 8.84. The SMILES string of the molecule is OCC1Cc2ccccc2[N]1. The van der Waals surface area contributed by atoms with E-state index < -0.39 is 0 Å². The van der Waals surface area contributed by atoms with Gasteiger partial charge >= 0.3 is 0 Å². The van der Waals surface area contributed by atoms with Crippen LogP contribution in [-0.4, -0.2) is 17.8 Å². The molecule has 0 spiro atoms. The van der Waals surface area contributed by atoms with E-state index in [0.717, 1.165) is 12.1 Å². The quantitative estimate of drug-likeness (QED) is 0.629. The molecule has 1 unspecified atom stereocenters. The van der Waals surface area contributed by atoms with Crippen molar-refractivity contribution in [3.63, 3.8) is 0 Å². The first-order valence-corrected chi connectivity index (χ1v) is 3.80. The third-order valence-electron chi connectivity index (χ3n) is 1.98. The summed E-state index contributed by atoms with van der Waals surface area (Å²) in [7, 11) is 0. The predicted octanol–water partition coefficient (Wildman–Crippen LogP) is 0.840. The molecule has 11 heavy (non-hydrogen) atoms. The van der Waals surface area contributed by atoms with Gasteiger partial charge in [-0.25, -0.2) is 0 Å². The van der Waals surface area contributed by atoms with E-state index in [0.29, 0.717) is 0 Å². The van der Waals surface area contributed by atoms with Crippen LogP contribution in [0.15, 0.2) is 24.3 Å². The van der Waals surface area contributed by atoms with Gasteiger partial charge in [0.05, 0.1) is 18.3 Å². The molecule has 0 aromatic heterocycles. The van der Waals surface area contributed by atoms with E-state index in [2.05, 4.69) is 11.4 Å². The van der Waals surface area contributed by atoms with Crippen molar-refractivity contribution < 1.29 is 5.11 Å². The van der Waals surface area contributed by atoms with Gasteiger partial charge in [0.2, 0.25) is 0 Å². The third kappa shape index (κ3) is 1.10. The van der Waals surface area contributed by atoms with Crippen molar-refractivity contribution in [1.29, 1.82) is 0 Å². The van der Waals surface area contributed by atoms with Gasteiger partial charge in [0, 0.05) is 0 Å². The number of rotatable bonds is 1. The predicted molar refractivity (Wildman–Crippen MR) is 42.8 cm³/mol. The molecule has 2 heteroatoms. The highest BCUT2D eigenvalue weighted by Gasteiger charge is 2.20. The molecule has 1 heterocycles. The summed E-state index contributed by atoms with van der Waals surface area (Å²) in [4.78, 5) is 0. The number of hydrogen-bond donors (Lipinski definition) is 1. The lowest BCUT2D eigenvalue weighted by molar-refractivity contribution is 0.257. The van der Waals surface area contributed by atoms with Crippen LogP contribution in [0.25, 0.3) is 0 Å². The average molecular weight is 148 g/mol. The fourth-order valence-electron chi connectivity index (χ4n) is 1.41. The highest BCUT2D eigenvalue weighted by molar-refractivity contribution is 5.49. The standard InChI is InChI=1S/C9H10NO/c11-6-8-5-7-3-1-2-4-9(7)10-8/h1-4,8,11H,5-6H2. The summed E-state index contributed by atoms with van der Waals surface area (Å²) in [5, 5.41) is 13.2. The minimum absolute atomic E-state index is 0.104. The molecule has 0 saturated carbocycles. The van der Waals surface area contributed by atoms with Crippen molar-refractivity contribution in [3.05, 3.63) is 29.8 Å². The van der Waals surface area contributed by atoms with Crippen molar-refractivity contribution >= 4 is 5.69 Å². The molecule has 1 aromatic rings. The van der Waals surface area contributed by atoms with Crippen molar-refractivity contribution in [2.24, 2.45) is 0 Å². The first-order valence-electron chi connectivity index (χ1n) is 3.80. The first kappa shape index (κ1) is 6.68. The van der Waals surface area contributed by atoms with E-state index >= 15 is 0 Å². The Morgan fingerprint density at radius 2 is 2.27 bits per heavy atom. The van der Waals surface area contributed by atoms with E-state index in [1.165, 1.54) is 5.56 Å². The summed E-state index contributed by atoms with van der Waals surface area (Å²) in [6.07, 6.45) is 0.896. The topological polar surface area (TPSA) is 34.3 Å². The second-order valence-electron chi connectivity index (χ2n) is 2.80. The Hall–Kier alpha value is -1.02. The number of fused-ring (bicyclic) bond motifs is 1. The molecule has 1 aromatic carbocycles. The monoisotopic (exact) mass is 148 g/mol. The number of nitrogens with zero attached hydrogens (tertiary/aromatic N) is 1. The average Bonchev–Trinajstić information content (AvgIpc) is 2.46. The van der Waals surface area contributed by atoms with Crippen molar-refractivity contribution in [1.82, 2.24) is 5.32 Å². The molecule has 0 fully saturated rings. The minimum Gasteiger partial charge on any atom is -0.394 e. The Kier molecular flexibility index (Phi) is 1.55. The summed E-state index contributed by atoms with van der Waals surface area (Å²) in [6.45, 7) is 0.161. The Morgan fingerprint density at radius 1 is 1.45 bits per heavy atom. The maximum Gasteiger partial charge on any atom is 0.0778 e. The molecule has 1 radical (unpaired) electrons. The molecule has 1 N–H and O–H groups in total. The zero-order valence-electron chi connectivity index (χ0n) is 6.20. The Balaban J connectivity index is 2.27. The Labute approximate surface area is 65.9 Å². The van der Waals surface area contributed by atoms with E-state index in [1.807, 2.05) is 18.2 Å². The van der Waals surface area contributed by atoms with Crippen LogP contribution in [0.4, 0.5) is 5.69 Å². The van der Waals surface area contributed by atoms with Gasteiger partial charge in [-0.05, 0) is 18.1 Å². The van der Waals surface area contributed by atoms with Crippen LogP contribution in [0.3, 0.4) is 0 Å². The fourth-order valence-corrected chi connectivity index (χ4v) is 1.41. The maximum absolute atomic E-state index is 8.84. The molecular weight excluding hydrogens is 138 g/mol. The molecule has 0 saturated heterocycles. The molecule has 2 rings (SSSR count). The number of aliphatic hydroxyl groups is 1. The van der Waals surface area contributed by atoms with Gasteiger partial charge in [-0.15, -0.1) is 0 Å². The molecule has 1 aliphatic rings. The third-order valence-corrected chi connectivity index (χ3v) is 1.98. The van der Waals surface area contributed by atoms with Gasteiger partial charge in [0.25, 0.3) is 0 Å². The van der Waals surface area contributed by atoms with Crippen LogP contribution in [0.5, 0.6) is 0 Å². The second kappa shape index (κ2) is 2.55. The molecular formula is C9H10NO. The molecule has 1 atom stereocenters. The van der Waals surface area contributed by atoms with Gasteiger partial charge in [-0.3, -0.25) is 5.32 Å². The highest BCUT2D eigenvalue weighted by atomic mass is 16.3. The summed E-state index contributed by atoms with van der Waals surface area (Å²) in [6, 6.07) is 8.14. The molecule has 2 nitrogen and oxygen atoms in total. The van der Waals surface area contributed by atoms with Crippen LogP contribution in [-0.2, 0) is 6.42 Å². The zero-order chi connectivity index (χ0) is 7.68. The van der Waals surface area contributed by atoms with Crippen LogP contribution in [0.1, 0.15) is 5.56 Å². The number of para-hydroxylation sites is 1. The van der Waals surface area contributed by atoms with Crippen LogP contribution in [0, 0.1) is 0 Å². The number of aliphatic hydroxyl groups excluding tert-OH is 1.